The first kappa shape index (κ1) is 21.4. The number of ether oxygens (including phenoxy) is 2. The first-order chi connectivity index (χ1) is 13.7. The number of carbonyl (C=O) groups excluding carboxylic acids is 2. The smallest absolute Gasteiger partial charge is 0.330 e. The van der Waals surface area contributed by atoms with Gasteiger partial charge in [-0.05, 0) is 12.8 Å². The lowest BCUT2D eigenvalue weighted by Crippen LogP contribution is -2.25. The van der Waals surface area contributed by atoms with Crippen molar-refractivity contribution in [3.63, 3.8) is 0 Å². The molecule has 0 radical (unpaired) electrons. The highest BCUT2D eigenvalue weighted by Crippen LogP contribution is 2.15. The van der Waals surface area contributed by atoms with Gasteiger partial charge < -0.3 is 9.47 Å². The van der Waals surface area contributed by atoms with Crippen LogP contribution >= 0.6 is 0 Å². The number of benzene rings is 2. The highest BCUT2D eigenvalue weighted by atomic mass is 16.5. The minimum atomic E-state index is -0.772. The van der Waals surface area contributed by atoms with Crippen molar-refractivity contribution in [2.24, 2.45) is 4.99 Å². The van der Waals surface area contributed by atoms with E-state index < -0.39 is 12.0 Å². The van der Waals surface area contributed by atoms with Gasteiger partial charge in [0.05, 0.1) is 19.4 Å². The SMILES string of the molecule is CCCCOC(=O)C(CCC(=O)OC)N=C(c1ccccc1)c1ccccc1. The van der Waals surface area contributed by atoms with Crippen molar-refractivity contribution in [1.29, 1.82) is 0 Å². The predicted molar refractivity (Wildman–Crippen MR) is 109 cm³/mol. The van der Waals surface area contributed by atoms with Gasteiger partial charge in [0.2, 0.25) is 0 Å². The Hall–Kier alpha value is -2.95. The molecule has 0 saturated heterocycles. The molecule has 1 atom stereocenters. The molecular weight excluding hydrogens is 354 g/mol. The first-order valence-electron chi connectivity index (χ1n) is 9.57. The van der Waals surface area contributed by atoms with Crippen LogP contribution in [0.1, 0.15) is 43.7 Å². The molecule has 0 aliphatic carbocycles. The summed E-state index contributed by atoms with van der Waals surface area (Å²) in [6.45, 7) is 2.38. The molecule has 2 aromatic carbocycles. The lowest BCUT2D eigenvalue weighted by Gasteiger charge is -2.15. The second-order valence-electron chi connectivity index (χ2n) is 6.36. The van der Waals surface area contributed by atoms with E-state index in [4.69, 9.17) is 14.5 Å². The third-order valence-corrected chi connectivity index (χ3v) is 4.24. The average molecular weight is 381 g/mol. The fourth-order valence-corrected chi connectivity index (χ4v) is 2.67. The van der Waals surface area contributed by atoms with Gasteiger partial charge in [-0.15, -0.1) is 0 Å². The Labute approximate surface area is 166 Å². The van der Waals surface area contributed by atoms with Crippen LogP contribution in [0.2, 0.25) is 0 Å². The van der Waals surface area contributed by atoms with Gasteiger partial charge in [-0.25, -0.2) is 4.79 Å². The van der Waals surface area contributed by atoms with Crippen LogP contribution in [-0.2, 0) is 19.1 Å². The Morgan fingerprint density at radius 3 is 2.04 bits per heavy atom. The van der Waals surface area contributed by atoms with Crippen LogP contribution in [0.5, 0.6) is 0 Å². The molecule has 0 aliphatic heterocycles. The minimum Gasteiger partial charge on any atom is -0.469 e. The molecule has 2 rings (SSSR count). The van der Waals surface area contributed by atoms with Gasteiger partial charge in [0, 0.05) is 17.5 Å². The molecule has 0 aromatic heterocycles. The summed E-state index contributed by atoms with van der Waals surface area (Å²) in [6.07, 6.45) is 2.07. The van der Waals surface area contributed by atoms with Gasteiger partial charge >= 0.3 is 11.9 Å². The van der Waals surface area contributed by atoms with Crippen LogP contribution in [0.25, 0.3) is 0 Å². The van der Waals surface area contributed by atoms with Crippen LogP contribution in [0.15, 0.2) is 65.7 Å². The number of esters is 2. The standard InChI is InChI=1S/C23H27NO4/c1-3-4-17-28-23(26)20(15-16-21(25)27-2)24-22(18-11-7-5-8-12-18)19-13-9-6-10-14-19/h5-14,20H,3-4,15-17H2,1-2H3. The lowest BCUT2D eigenvalue weighted by atomic mass is 10.0. The molecule has 0 spiro atoms. The van der Waals surface area contributed by atoms with Gasteiger partial charge in [-0.2, -0.15) is 0 Å². The van der Waals surface area contributed by atoms with Crippen molar-refractivity contribution in [2.45, 2.75) is 38.6 Å². The fourth-order valence-electron chi connectivity index (χ4n) is 2.67. The summed E-state index contributed by atoms with van der Waals surface area (Å²) < 4.78 is 10.1. The van der Waals surface area contributed by atoms with Crippen molar-refractivity contribution >= 4 is 17.7 Å². The van der Waals surface area contributed by atoms with E-state index >= 15 is 0 Å². The molecule has 2 aromatic rings. The Kier molecular flexibility index (Phi) is 8.92. The molecule has 0 heterocycles. The van der Waals surface area contributed by atoms with Crippen LogP contribution < -0.4 is 0 Å². The number of aliphatic imine (C=N–C) groups is 1. The third-order valence-electron chi connectivity index (χ3n) is 4.24. The van der Waals surface area contributed by atoms with E-state index in [1.807, 2.05) is 67.6 Å². The average Bonchev–Trinajstić information content (AvgIpc) is 2.75. The second kappa shape index (κ2) is 11.7. The Morgan fingerprint density at radius 2 is 1.54 bits per heavy atom. The van der Waals surface area contributed by atoms with E-state index in [9.17, 15) is 9.59 Å². The molecule has 5 heteroatoms. The molecular formula is C23H27NO4. The maximum atomic E-state index is 12.6. The summed E-state index contributed by atoms with van der Waals surface area (Å²) in [5, 5.41) is 0. The summed E-state index contributed by atoms with van der Waals surface area (Å²) in [5.41, 5.74) is 2.50. The molecule has 5 nitrogen and oxygen atoms in total. The van der Waals surface area contributed by atoms with Gasteiger partial charge in [0.15, 0.2) is 0 Å². The fraction of sp³-hybridized carbons (Fsp3) is 0.348. The monoisotopic (exact) mass is 381 g/mol. The predicted octanol–water partition coefficient (Wildman–Crippen LogP) is 4.19. The molecule has 0 bridgehead atoms. The van der Waals surface area contributed by atoms with E-state index in [0.717, 1.165) is 24.0 Å². The van der Waals surface area contributed by atoms with Gasteiger partial charge in [0.1, 0.15) is 6.04 Å². The van der Waals surface area contributed by atoms with Gasteiger partial charge in [-0.1, -0.05) is 74.0 Å². The normalized spacial score (nSPS) is 11.4. The number of nitrogens with zero attached hydrogens (tertiary/aromatic N) is 1. The molecule has 0 fully saturated rings. The lowest BCUT2D eigenvalue weighted by molar-refractivity contribution is -0.146. The van der Waals surface area contributed by atoms with E-state index in [1.54, 1.807) is 0 Å². The molecule has 0 N–H and O–H groups in total. The van der Waals surface area contributed by atoms with E-state index in [-0.39, 0.29) is 18.8 Å². The van der Waals surface area contributed by atoms with Crippen molar-refractivity contribution in [3.05, 3.63) is 71.8 Å². The summed E-state index contributed by atoms with van der Waals surface area (Å²) in [7, 11) is 1.33. The molecule has 1 unspecified atom stereocenters. The largest absolute Gasteiger partial charge is 0.469 e. The zero-order chi connectivity index (χ0) is 20.2. The van der Waals surface area contributed by atoms with Crippen LogP contribution in [0.4, 0.5) is 0 Å². The summed E-state index contributed by atoms with van der Waals surface area (Å²) in [6, 6.07) is 18.6. The Balaban J connectivity index is 2.36. The summed E-state index contributed by atoms with van der Waals surface area (Å²) >= 11 is 0. The van der Waals surface area contributed by atoms with Gasteiger partial charge in [0.25, 0.3) is 0 Å². The maximum absolute atomic E-state index is 12.6. The number of carbonyl (C=O) groups is 2. The van der Waals surface area contributed by atoms with Crippen LogP contribution in [-0.4, -0.2) is 37.4 Å². The quantitative estimate of drug-likeness (QED) is 0.352. The van der Waals surface area contributed by atoms with Crippen molar-refractivity contribution in [3.8, 4) is 0 Å². The number of rotatable bonds is 10. The maximum Gasteiger partial charge on any atom is 0.330 e. The Morgan fingerprint density at radius 1 is 0.964 bits per heavy atom. The van der Waals surface area contributed by atoms with Crippen molar-refractivity contribution in [2.75, 3.05) is 13.7 Å². The number of methoxy groups -OCH3 is 1. The molecule has 28 heavy (non-hydrogen) atoms. The van der Waals surface area contributed by atoms with E-state index in [0.29, 0.717) is 12.3 Å². The number of unbranched alkanes of at least 4 members (excludes halogenated alkanes) is 1. The van der Waals surface area contributed by atoms with Crippen LogP contribution in [0.3, 0.4) is 0 Å². The third kappa shape index (κ3) is 6.65. The highest BCUT2D eigenvalue weighted by Gasteiger charge is 2.22. The molecule has 0 amide bonds. The van der Waals surface area contributed by atoms with Gasteiger partial charge in [-0.3, -0.25) is 9.79 Å². The topological polar surface area (TPSA) is 65.0 Å². The zero-order valence-corrected chi connectivity index (χ0v) is 16.5. The molecule has 0 saturated carbocycles. The van der Waals surface area contributed by atoms with Crippen molar-refractivity contribution < 1.29 is 19.1 Å². The Bertz CT molecular complexity index is 730. The molecule has 0 aliphatic rings. The van der Waals surface area contributed by atoms with E-state index in [2.05, 4.69) is 0 Å². The second-order valence-corrected chi connectivity index (χ2v) is 6.36. The number of hydrogen-bond acceptors (Lipinski definition) is 5. The van der Waals surface area contributed by atoms with E-state index in [1.165, 1.54) is 7.11 Å². The number of hydrogen-bond donors (Lipinski definition) is 0. The highest BCUT2D eigenvalue weighted by molar-refractivity contribution is 6.13. The van der Waals surface area contributed by atoms with Crippen LogP contribution in [0, 0.1) is 0 Å². The zero-order valence-electron chi connectivity index (χ0n) is 16.5. The summed E-state index contributed by atoms with van der Waals surface area (Å²) in [5.74, 6) is -0.788. The first-order valence-corrected chi connectivity index (χ1v) is 9.57. The minimum absolute atomic E-state index is 0.102. The summed E-state index contributed by atoms with van der Waals surface area (Å²) in [4.78, 5) is 29.0. The van der Waals surface area contributed by atoms with Crippen molar-refractivity contribution in [1.82, 2.24) is 0 Å². The molecule has 148 valence electrons.